The smallest absolute Gasteiger partial charge is 0.191 e. The van der Waals surface area contributed by atoms with Gasteiger partial charge in [-0.3, -0.25) is 4.99 Å². The predicted molar refractivity (Wildman–Crippen MR) is 111 cm³/mol. The highest BCUT2D eigenvalue weighted by Crippen LogP contribution is 2.41. The molecule has 2 aromatic rings. The van der Waals surface area contributed by atoms with Crippen molar-refractivity contribution in [3.8, 4) is 0 Å². The number of anilines is 1. The van der Waals surface area contributed by atoms with Crippen molar-refractivity contribution >= 4 is 11.8 Å². The number of nitrogens with one attached hydrogen (secondary N) is 2. The number of rotatable bonds is 4. The third-order valence-electron chi connectivity index (χ3n) is 5.67. The van der Waals surface area contributed by atoms with Gasteiger partial charge in [-0.25, -0.2) is 9.37 Å². The Morgan fingerprint density at radius 2 is 1.89 bits per heavy atom. The molecule has 2 atom stereocenters. The number of benzene rings is 1. The SMILES string of the molecule is CN=C(NC1CCN(c2cccc(C)n2)CC1)NC1CC1c1ccccc1F. The summed E-state index contributed by atoms with van der Waals surface area (Å²) in [6.07, 6.45) is 3.02. The molecule has 148 valence electrons. The lowest BCUT2D eigenvalue weighted by molar-refractivity contribution is 0.459. The molecule has 1 aromatic heterocycles. The average Bonchev–Trinajstić information content (AvgIpc) is 3.47. The summed E-state index contributed by atoms with van der Waals surface area (Å²) in [7, 11) is 1.79. The molecule has 2 aliphatic rings. The molecule has 2 N–H and O–H groups in total. The van der Waals surface area contributed by atoms with Crippen molar-refractivity contribution < 1.29 is 4.39 Å². The lowest BCUT2D eigenvalue weighted by Crippen LogP contribution is -2.49. The van der Waals surface area contributed by atoms with E-state index in [2.05, 4.69) is 37.6 Å². The fraction of sp³-hybridized carbons (Fsp3) is 0.455. The predicted octanol–water partition coefficient (Wildman–Crippen LogP) is 3.22. The number of hydrogen-bond donors (Lipinski definition) is 2. The van der Waals surface area contributed by atoms with Gasteiger partial charge in [0, 0.05) is 43.8 Å². The quantitative estimate of drug-likeness (QED) is 0.631. The molecule has 2 heterocycles. The monoisotopic (exact) mass is 381 g/mol. The first-order valence-electron chi connectivity index (χ1n) is 10.1. The van der Waals surface area contributed by atoms with Gasteiger partial charge in [0.05, 0.1) is 0 Å². The highest BCUT2D eigenvalue weighted by molar-refractivity contribution is 5.81. The molecule has 2 unspecified atom stereocenters. The molecule has 1 saturated carbocycles. The topological polar surface area (TPSA) is 52.6 Å². The zero-order valence-electron chi connectivity index (χ0n) is 16.5. The van der Waals surface area contributed by atoms with Crippen molar-refractivity contribution in [1.82, 2.24) is 15.6 Å². The first kappa shape index (κ1) is 18.7. The molecule has 1 aliphatic heterocycles. The average molecular weight is 381 g/mol. The van der Waals surface area contributed by atoms with Gasteiger partial charge in [0.25, 0.3) is 0 Å². The molecule has 0 radical (unpaired) electrons. The lowest BCUT2D eigenvalue weighted by atomic mass is 10.1. The number of halogens is 1. The Kier molecular flexibility index (Phi) is 5.46. The molecule has 5 nitrogen and oxygen atoms in total. The lowest BCUT2D eigenvalue weighted by Gasteiger charge is -2.34. The Balaban J connectivity index is 1.27. The maximum atomic E-state index is 14.0. The van der Waals surface area contributed by atoms with E-state index in [1.807, 2.05) is 25.1 Å². The molecule has 28 heavy (non-hydrogen) atoms. The zero-order valence-corrected chi connectivity index (χ0v) is 16.5. The van der Waals surface area contributed by atoms with Crippen LogP contribution in [-0.2, 0) is 0 Å². The summed E-state index contributed by atoms with van der Waals surface area (Å²) < 4.78 is 14.0. The van der Waals surface area contributed by atoms with Crippen LogP contribution in [0.15, 0.2) is 47.5 Å². The second-order valence-corrected chi connectivity index (χ2v) is 7.73. The first-order chi connectivity index (χ1) is 13.6. The summed E-state index contributed by atoms with van der Waals surface area (Å²) in [6, 6.07) is 13.9. The number of aliphatic imine (C=N–C) groups is 1. The second-order valence-electron chi connectivity index (χ2n) is 7.73. The molecule has 2 fully saturated rings. The van der Waals surface area contributed by atoms with Crippen molar-refractivity contribution in [2.24, 2.45) is 4.99 Å². The van der Waals surface area contributed by atoms with E-state index in [1.54, 1.807) is 13.1 Å². The largest absolute Gasteiger partial charge is 0.356 e. The number of nitrogens with zero attached hydrogens (tertiary/aromatic N) is 3. The minimum absolute atomic E-state index is 0.114. The van der Waals surface area contributed by atoms with Gasteiger partial charge in [-0.15, -0.1) is 0 Å². The van der Waals surface area contributed by atoms with Gasteiger partial charge in [0.2, 0.25) is 0 Å². The summed E-state index contributed by atoms with van der Waals surface area (Å²) in [6.45, 7) is 3.98. The van der Waals surface area contributed by atoms with E-state index in [9.17, 15) is 4.39 Å². The number of pyridine rings is 1. The number of piperidine rings is 1. The van der Waals surface area contributed by atoms with E-state index in [-0.39, 0.29) is 17.8 Å². The highest BCUT2D eigenvalue weighted by Gasteiger charge is 2.40. The number of aromatic nitrogens is 1. The Morgan fingerprint density at radius 1 is 1.11 bits per heavy atom. The van der Waals surface area contributed by atoms with Crippen molar-refractivity contribution in [2.75, 3.05) is 25.0 Å². The van der Waals surface area contributed by atoms with Crippen LogP contribution in [-0.4, -0.2) is 43.2 Å². The van der Waals surface area contributed by atoms with Crippen molar-refractivity contribution in [1.29, 1.82) is 0 Å². The first-order valence-corrected chi connectivity index (χ1v) is 10.1. The minimum atomic E-state index is -0.114. The summed E-state index contributed by atoms with van der Waals surface area (Å²) in [5, 5.41) is 7.01. The van der Waals surface area contributed by atoms with Crippen molar-refractivity contribution in [2.45, 2.75) is 44.2 Å². The molecular weight excluding hydrogens is 353 g/mol. The Labute approximate surface area is 166 Å². The van der Waals surface area contributed by atoms with Crippen LogP contribution in [0.3, 0.4) is 0 Å². The Hall–Kier alpha value is -2.63. The number of aryl methyl sites for hydroxylation is 1. The molecule has 0 spiro atoms. The van der Waals surface area contributed by atoms with Gasteiger partial charge in [-0.1, -0.05) is 24.3 Å². The van der Waals surface area contributed by atoms with Gasteiger partial charge in [-0.2, -0.15) is 0 Å². The van der Waals surface area contributed by atoms with Crippen LogP contribution in [0.5, 0.6) is 0 Å². The Bertz CT molecular complexity index is 844. The van der Waals surface area contributed by atoms with E-state index in [4.69, 9.17) is 0 Å². The van der Waals surface area contributed by atoms with E-state index in [1.165, 1.54) is 6.07 Å². The van der Waals surface area contributed by atoms with Crippen molar-refractivity contribution in [3.63, 3.8) is 0 Å². The van der Waals surface area contributed by atoms with Crippen LogP contribution in [0, 0.1) is 12.7 Å². The van der Waals surface area contributed by atoms with Crippen LogP contribution < -0.4 is 15.5 Å². The normalized spacial score (nSPS) is 22.8. The molecule has 1 aromatic carbocycles. The van der Waals surface area contributed by atoms with Gasteiger partial charge >= 0.3 is 0 Å². The van der Waals surface area contributed by atoms with Crippen LogP contribution >= 0.6 is 0 Å². The summed E-state index contributed by atoms with van der Waals surface area (Å²) in [5.41, 5.74) is 1.85. The maximum absolute atomic E-state index is 14.0. The molecule has 0 bridgehead atoms. The van der Waals surface area contributed by atoms with E-state index in [0.717, 1.165) is 55.4 Å². The van der Waals surface area contributed by atoms with Crippen LogP contribution in [0.2, 0.25) is 0 Å². The third-order valence-corrected chi connectivity index (χ3v) is 5.67. The van der Waals surface area contributed by atoms with Crippen LogP contribution in [0.25, 0.3) is 0 Å². The summed E-state index contributed by atoms with van der Waals surface area (Å²) in [4.78, 5) is 11.3. The van der Waals surface area contributed by atoms with Gasteiger partial charge in [0.1, 0.15) is 11.6 Å². The molecule has 1 aliphatic carbocycles. The van der Waals surface area contributed by atoms with E-state index in [0.29, 0.717) is 6.04 Å². The van der Waals surface area contributed by atoms with Crippen LogP contribution in [0.1, 0.15) is 36.4 Å². The second kappa shape index (κ2) is 8.17. The summed E-state index contributed by atoms with van der Waals surface area (Å²) >= 11 is 0. The molecular formula is C22H28FN5. The zero-order chi connectivity index (χ0) is 19.5. The third kappa shape index (κ3) is 4.26. The summed E-state index contributed by atoms with van der Waals surface area (Å²) in [5.74, 6) is 1.99. The fourth-order valence-corrected chi connectivity index (χ4v) is 3.97. The van der Waals surface area contributed by atoms with Gasteiger partial charge < -0.3 is 15.5 Å². The Morgan fingerprint density at radius 3 is 2.61 bits per heavy atom. The maximum Gasteiger partial charge on any atom is 0.191 e. The standard InChI is InChI=1S/C22H28FN5/c1-15-6-5-9-21(25-15)28-12-10-16(11-13-28)26-22(24-2)27-20-14-18(20)17-7-3-4-8-19(17)23/h3-9,16,18,20H,10-14H2,1-2H3,(H2,24,26,27). The number of hydrogen-bond acceptors (Lipinski definition) is 3. The molecule has 0 amide bonds. The fourth-order valence-electron chi connectivity index (χ4n) is 3.97. The minimum Gasteiger partial charge on any atom is -0.356 e. The van der Waals surface area contributed by atoms with Crippen LogP contribution in [0.4, 0.5) is 10.2 Å². The van der Waals surface area contributed by atoms with Crippen molar-refractivity contribution in [3.05, 3.63) is 59.5 Å². The molecule has 1 saturated heterocycles. The number of guanidine groups is 1. The molecule has 4 rings (SSSR count). The van der Waals surface area contributed by atoms with E-state index < -0.39 is 0 Å². The highest BCUT2D eigenvalue weighted by atomic mass is 19.1. The van der Waals surface area contributed by atoms with E-state index >= 15 is 0 Å². The molecule has 6 heteroatoms. The van der Waals surface area contributed by atoms with Gasteiger partial charge in [-0.05, 0) is 49.9 Å². The van der Waals surface area contributed by atoms with Gasteiger partial charge in [0.15, 0.2) is 5.96 Å².